The molecule has 2 aliphatic carbocycles. The number of thiophene rings is 1. The molecule has 2 heteroatoms. The molecule has 62 heavy (non-hydrogen) atoms. The van der Waals surface area contributed by atoms with Crippen molar-refractivity contribution >= 4 is 67.1 Å². The zero-order valence-electron chi connectivity index (χ0n) is 35.4. The van der Waals surface area contributed by atoms with Crippen molar-refractivity contribution in [1.29, 1.82) is 0 Å². The highest BCUT2D eigenvalue weighted by atomic mass is 32.1. The predicted octanol–water partition coefficient (Wildman–Crippen LogP) is 15.2. The minimum atomic E-state index is 0.830. The third kappa shape index (κ3) is 7.79. The van der Waals surface area contributed by atoms with Crippen molar-refractivity contribution < 1.29 is 0 Å². The fourth-order valence-electron chi connectivity index (χ4n) is 9.01. The van der Waals surface area contributed by atoms with E-state index in [-0.39, 0.29) is 0 Å². The van der Waals surface area contributed by atoms with Crippen LogP contribution in [0, 0.1) is 0 Å². The van der Waals surface area contributed by atoms with Crippen LogP contribution in [0.25, 0.3) is 72.3 Å². The van der Waals surface area contributed by atoms with Crippen LogP contribution >= 0.6 is 11.3 Å². The van der Waals surface area contributed by atoms with Crippen molar-refractivity contribution in [3.05, 3.63) is 245 Å². The van der Waals surface area contributed by atoms with E-state index in [0.717, 1.165) is 53.1 Å². The number of benzene rings is 6. The fraction of sp³-hybridized carbons (Fsp3) is 0.0833. The normalized spacial score (nSPS) is 13.9. The van der Waals surface area contributed by atoms with Gasteiger partial charge in [0.15, 0.2) is 0 Å². The van der Waals surface area contributed by atoms with Crippen LogP contribution in [-0.4, -0.2) is 0 Å². The van der Waals surface area contributed by atoms with E-state index in [1.165, 1.54) is 69.6 Å². The number of fused-ring (bicyclic) bond motifs is 5. The van der Waals surface area contributed by atoms with Crippen LogP contribution in [0.4, 0.5) is 5.69 Å². The van der Waals surface area contributed by atoms with E-state index < -0.39 is 0 Å². The van der Waals surface area contributed by atoms with Crippen molar-refractivity contribution in [2.75, 3.05) is 4.90 Å². The Bertz CT molecular complexity index is 3230. The second-order valence-electron chi connectivity index (χ2n) is 15.7. The van der Waals surface area contributed by atoms with E-state index in [4.69, 9.17) is 0 Å². The number of hydrogen-bond donors (Lipinski definition) is 0. The monoisotopic (exact) mass is 815 g/mol. The molecular formula is C60H49NS. The van der Waals surface area contributed by atoms with E-state index in [1.807, 2.05) is 23.5 Å². The quantitative estimate of drug-likeness (QED) is 0.0877. The van der Waals surface area contributed by atoms with Gasteiger partial charge in [-0.2, -0.15) is 0 Å². The lowest BCUT2D eigenvalue weighted by Gasteiger charge is -2.29. The molecule has 0 radical (unpaired) electrons. The van der Waals surface area contributed by atoms with Gasteiger partial charge in [-0.25, -0.2) is 0 Å². The lowest BCUT2D eigenvalue weighted by atomic mass is 9.83. The second kappa shape index (κ2) is 18.2. The lowest BCUT2D eigenvalue weighted by molar-refractivity contribution is 1.11. The maximum absolute atomic E-state index is 4.37. The molecule has 0 atom stereocenters. The van der Waals surface area contributed by atoms with Crippen molar-refractivity contribution in [3.8, 4) is 22.3 Å². The summed E-state index contributed by atoms with van der Waals surface area (Å²) in [6.07, 6.45) is 29.1. The average Bonchev–Trinajstić information content (AvgIpc) is 3.56. The molecular weight excluding hydrogens is 767 g/mol. The first-order chi connectivity index (χ1) is 30.6. The molecule has 0 fully saturated rings. The standard InChI is InChI=1S/C60H49NS/c1-5-22-48(23-6-2)61(56(7-3)42(4)24-18-29-45-30-20-38-54-50-34-16-17-39-57(50)62-60(45)54)49-33-19-31-46(40-49)47-32-21-37-53-55(41-47)59(44-27-12-9-13-28-44)52-36-15-14-35-51(52)58(53)43-25-10-8-11-26-43/h5-13,16-20,22-28,30-41H,1,3,14-15,29H2,2,4H3/b23-6-,24-18-,48-22+,56-42+. The van der Waals surface area contributed by atoms with Gasteiger partial charge < -0.3 is 4.90 Å². The van der Waals surface area contributed by atoms with Gasteiger partial charge in [0.05, 0.1) is 0 Å². The van der Waals surface area contributed by atoms with Crippen molar-refractivity contribution in [1.82, 2.24) is 0 Å². The number of allylic oxidation sites excluding steroid dienone is 10. The molecule has 0 amide bonds. The molecule has 2 aliphatic rings. The first-order valence-electron chi connectivity index (χ1n) is 21.5. The topological polar surface area (TPSA) is 3.24 Å². The van der Waals surface area contributed by atoms with Gasteiger partial charge in [0.2, 0.25) is 0 Å². The maximum Gasteiger partial charge on any atom is 0.0484 e. The van der Waals surface area contributed by atoms with Gasteiger partial charge in [-0.3, -0.25) is 0 Å². The third-order valence-electron chi connectivity index (χ3n) is 11.8. The number of hydrogen-bond acceptors (Lipinski definition) is 2. The molecule has 9 rings (SSSR count). The molecule has 6 aromatic carbocycles. The molecule has 1 heterocycles. The molecule has 0 aliphatic heterocycles. The Balaban J connectivity index is 1.16. The van der Waals surface area contributed by atoms with E-state index in [1.54, 1.807) is 0 Å². The summed E-state index contributed by atoms with van der Waals surface area (Å²) in [4.78, 5) is 2.29. The average molecular weight is 816 g/mol. The molecule has 300 valence electrons. The molecule has 0 bridgehead atoms. The van der Waals surface area contributed by atoms with Gasteiger partial charge in [-0.15, -0.1) is 17.1 Å². The summed E-state index contributed by atoms with van der Waals surface area (Å²) in [5.74, 6) is 0. The first-order valence-corrected chi connectivity index (χ1v) is 22.3. The van der Waals surface area contributed by atoms with Gasteiger partial charge in [-0.1, -0.05) is 159 Å². The van der Waals surface area contributed by atoms with Gasteiger partial charge in [0.25, 0.3) is 0 Å². The zero-order chi connectivity index (χ0) is 42.4. The molecule has 0 saturated carbocycles. The van der Waals surface area contributed by atoms with Crippen molar-refractivity contribution in [2.24, 2.45) is 0 Å². The summed E-state index contributed by atoms with van der Waals surface area (Å²) in [5.41, 5.74) is 18.6. The Morgan fingerprint density at radius 3 is 2.08 bits per heavy atom. The van der Waals surface area contributed by atoms with Crippen LogP contribution in [0.3, 0.4) is 0 Å². The molecule has 1 nitrogen and oxygen atoms in total. The molecule has 0 spiro atoms. The minimum Gasteiger partial charge on any atom is -0.310 e. The Morgan fingerprint density at radius 2 is 1.37 bits per heavy atom. The fourth-order valence-corrected chi connectivity index (χ4v) is 10.2. The zero-order valence-corrected chi connectivity index (χ0v) is 36.3. The molecule has 0 saturated heterocycles. The second-order valence-corrected chi connectivity index (χ2v) is 16.7. The Labute approximate surface area is 370 Å². The summed E-state index contributed by atoms with van der Waals surface area (Å²) >= 11 is 1.88. The SMILES string of the molecule is C=C/C=C(\C=C/C)N(/C(C=C)=C(C)/C=C\Cc1cccc2c1sc1ccccc12)c1cccc(C2=Cc3c(c(-c4ccccc4)c4c(c3-c3ccccc3)=CCCC=4)C=C=C2)c1. The van der Waals surface area contributed by atoms with Crippen LogP contribution in [0.1, 0.15) is 48.9 Å². The largest absolute Gasteiger partial charge is 0.310 e. The highest BCUT2D eigenvalue weighted by molar-refractivity contribution is 7.26. The van der Waals surface area contributed by atoms with Crippen LogP contribution in [0.15, 0.2) is 212 Å². The maximum atomic E-state index is 4.37. The highest BCUT2D eigenvalue weighted by Gasteiger charge is 2.21. The van der Waals surface area contributed by atoms with Gasteiger partial charge in [0.1, 0.15) is 0 Å². The van der Waals surface area contributed by atoms with Crippen molar-refractivity contribution in [3.63, 3.8) is 0 Å². The summed E-state index contributed by atoms with van der Waals surface area (Å²) in [6.45, 7) is 12.7. The van der Waals surface area contributed by atoms with E-state index in [9.17, 15) is 0 Å². The van der Waals surface area contributed by atoms with Crippen LogP contribution in [0.2, 0.25) is 0 Å². The molecule has 7 aromatic rings. The first kappa shape index (κ1) is 40.2. The summed E-state index contributed by atoms with van der Waals surface area (Å²) in [6, 6.07) is 45.9. The van der Waals surface area contributed by atoms with Crippen LogP contribution in [0.5, 0.6) is 0 Å². The minimum absolute atomic E-state index is 0.830. The van der Waals surface area contributed by atoms with Gasteiger partial charge >= 0.3 is 0 Å². The molecule has 1 aromatic heterocycles. The summed E-state index contributed by atoms with van der Waals surface area (Å²) in [5, 5.41) is 5.27. The Morgan fingerprint density at radius 1 is 0.710 bits per heavy atom. The van der Waals surface area contributed by atoms with Crippen LogP contribution in [-0.2, 0) is 6.42 Å². The summed E-state index contributed by atoms with van der Waals surface area (Å²) in [7, 11) is 0. The van der Waals surface area contributed by atoms with E-state index >= 15 is 0 Å². The Hall–Kier alpha value is -7.22. The highest BCUT2D eigenvalue weighted by Crippen LogP contribution is 2.38. The number of rotatable bonds is 12. The molecule has 0 N–H and O–H groups in total. The Kier molecular flexibility index (Phi) is 11.8. The van der Waals surface area contributed by atoms with E-state index in [0.29, 0.717) is 0 Å². The molecule has 0 unspecified atom stereocenters. The number of nitrogens with zero attached hydrogens (tertiary/aromatic N) is 1. The predicted molar refractivity (Wildman–Crippen MR) is 272 cm³/mol. The third-order valence-corrected chi connectivity index (χ3v) is 13.0. The van der Waals surface area contributed by atoms with E-state index in [2.05, 4.69) is 226 Å². The van der Waals surface area contributed by atoms with Gasteiger partial charge in [-0.05, 0) is 154 Å². The van der Waals surface area contributed by atoms with Crippen molar-refractivity contribution in [2.45, 2.75) is 33.1 Å². The van der Waals surface area contributed by atoms with Gasteiger partial charge in [0, 0.05) is 37.3 Å². The smallest absolute Gasteiger partial charge is 0.0484 e. The number of anilines is 1. The van der Waals surface area contributed by atoms with Crippen LogP contribution < -0.4 is 15.3 Å². The summed E-state index contributed by atoms with van der Waals surface area (Å²) < 4.78 is 2.68. The lowest BCUT2D eigenvalue weighted by Crippen LogP contribution is -2.33.